The van der Waals surface area contributed by atoms with Crippen LogP contribution in [-0.4, -0.2) is 22.8 Å². The van der Waals surface area contributed by atoms with Gasteiger partial charge in [-0.3, -0.25) is 0 Å². The highest BCUT2D eigenvalue weighted by Crippen LogP contribution is 2.28. The minimum atomic E-state index is -0.0749. The fourth-order valence-electron chi connectivity index (χ4n) is 2.86. The Morgan fingerprint density at radius 2 is 2.37 bits per heavy atom. The molecule has 0 N–H and O–H groups in total. The van der Waals surface area contributed by atoms with E-state index < -0.39 is 0 Å². The van der Waals surface area contributed by atoms with Gasteiger partial charge in [0, 0.05) is 19.1 Å². The van der Waals surface area contributed by atoms with Crippen LogP contribution in [0.5, 0.6) is 0 Å². The molecule has 2 aromatic rings. The molecule has 2 heterocycles. The number of alkyl halides is 1. The number of para-hydroxylation sites is 1. The summed E-state index contributed by atoms with van der Waals surface area (Å²) in [6.45, 7) is 6.80. The van der Waals surface area contributed by atoms with Crippen molar-refractivity contribution in [2.24, 2.45) is 5.92 Å². The Bertz CT molecular complexity index is 585. The Kier molecular flexibility index (Phi) is 3.50. The van der Waals surface area contributed by atoms with E-state index in [1.54, 1.807) is 0 Å². The first-order chi connectivity index (χ1) is 9.16. The summed E-state index contributed by atoms with van der Waals surface area (Å²) in [5, 5.41) is -0.0749. The standard InChI is InChI=1S/C15H19ClN2O/c1-10-4-3-5-13-14(10)18(15(17-13)11(2)16)8-12-6-7-19-9-12/h3-5,11-12H,6-9H2,1-2H3. The lowest BCUT2D eigenvalue weighted by atomic mass is 10.1. The Balaban J connectivity index is 2.09. The Morgan fingerprint density at radius 1 is 1.53 bits per heavy atom. The van der Waals surface area contributed by atoms with Crippen molar-refractivity contribution in [1.29, 1.82) is 0 Å². The molecule has 102 valence electrons. The topological polar surface area (TPSA) is 27.1 Å². The second-order valence-electron chi connectivity index (χ2n) is 5.37. The molecule has 1 aromatic carbocycles. The first-order valence-electron chi connectivity index (χ1n) is 6.84. The lowest BCUT2D eigenvalue weighted by Gasteiger charge is -2.15. The van der Waals surface area contributed by atoms with E-state index in [1.807, 2.05) is 6.92 Å². The van der Waals surface area contributed by atoms with Crippen molar-refractivity contribution in [3.63, 3.8) is 0 Å². The van der Waals surface area contributed by atoms with Crippen LogP contribution in [0.15, 0.2) is 18.2 Å². The summed E-state index contributed by atoms with van der Waals surface area (Å²) < 4.78 is 7.78. The van der Waals surface area contributed by atoms with Crippen LogP contribution in [0.1, 0.15) is 30.1 Å². The molecule has 1 aromatic heterocycles. The number of hydrogen-bond acceptors (Lipinski definition) is 2. The van der Waals surface area contributed by atoms with Crippen LogP contribution in [-0.2, 0) is 11.3 Å². The molecule has 0 spiro atoms. The van der Waals surface area contributed by atoms with E-state index in [1.165, 1.54) is 11.1 Å². The van der Waals surface area contributed by atoms with E-state index >= 15 is 0 Å². The van der Waals surface area contributed by atoms with Gasteiger partial charge in [0.1, 0.15) is 5.82 Å². The van der Waals surface area contributed by atoms with Crippen LogP contribution in [0.2, 0.25) is 0 Å². The first kappa shape index (κ1) is 12.9. The SMILES string of the molecule is Cc1cccc2nc(C(C)Cl)n(CC3CCOC3)c12. The van der Waals surface area contributed by atoms with Crippen molar-refractivity contribution in [3.05, 3.63) is 29.6 Å². The van der Waals surface area contributed by atoms with Gasteiger partial charge in [-0.05, 0) is 31.9 Å². The van der Waals surface area contributed by atoms with Crippen LogP contribution in [0.4, 0.5) is 0 Å². The molecule has 0 bridgehead atoms. The van der Waals surface area contributed by atoms with Crippen molar-refractivity contribution in [3.8, 4) is 0 Å². The molecule has 1 aliphatic heterocycles. The third-order valence-electron chi connectivity index (χ3n) is 3.82. The fourth-order valence-corrected chi connectivity index (χ4v) is 3.02. The lowest BCUT2D eigenvalue weighted by molar-refractivity contribution is 0.182. The molecular formula is C15H19ClN2O. The molecular weight excluding hydrogens is 260 g/mol. The van der Waals surface area contributed by atoms with Gasteiger partial charge in [0.05, 0.1) is 23.0 Å². The molecule has 4 heteroatoms. The number of rotatable bonds is 3. The van der Waals surface area contributed by atoms with E-state index in [4.69, 9.17) is 21.3 Å². The Labute approximate surface area is 118 Å². The smallest absolute Gasteiger partial charge is 0.127 e. The zero-order chi connectivity index (χ0) is 13.4. The molecule has 0 radical (unpaired) electrons. The molecule has 1 fully saturated rings. The summed E-state index contributed by atoms with van der Waals surface area (Å²) >= 11 is 6.30. The van der Waals surface area contributed by atoms with Crippen LogP contribution < -0.4 is 0 Å². The van der Waals surface area contributed by atoms with Gasteiger partial charge in [0.15, 0.2) is 0 Å². The number of aryl methyl sites for hydroxylation is 1. The van der Waals surface area contributed by atoms with E-state index in [-0.39, 0.29) is 5.38 Å². The van der Waals surface area contributed by atoms with E-state index in [0.717, 1.165) is 37.5 Å². The highest BCUT2D eigenvalue weighted by molar-refractivity contribution is 6.20. The number of hydrogen-bond donors (Lipinski definition) is 0. The summed E-state index contributed by atoms with van der Waals surface area (Å²) in [4.78, 5) is 4.71. The molecule has 0 saturated carbocycles. The van der Waals surface area contributed by atoms with Gasteiger partial charge in [0.2, 0.25) is 0 Å². The minimum Gasteiger partial charge on any atom is -0.381 e. The first-order valence-corrected chi connectivity index (χ1v) is 7.28. The number of imidazole rings is 1. The van der Waals surface area contributed by atoms with Crippen molar-refractivity contribution in [2.75, 3.05) is 13.2 Å². The minimum absolute atomic E-state index is 0.0749. The summed E-state index contributed by atoms with van der Waals surface area (Å²) in [5.41, 5.74) is 3.52. The third kappa shape index (κ3) is 2.37. The quantitative estimate of drug-likeness (QED) is 0.801. The van der Waals surface area contributed by atoms with Gasteiger partial charge < -0.3 is 9.30 Å². The van der Waals surface area contributed by atoms with Crippen molar-refractivity contribution in [2.45, 2.75) is 32.2 Å². The maximum Gasteiger partial charge on any atom is 0.127 e. The predicted octanol–water partition coefficient (Wildman–Crippen LogP) is 3.68. The maximum atomic E-state index is 6.30. The van der Waals surface area contributed by atoms with Crippen molar-refractivity contribution < 1.29 is 4.74 Å². The van der Waals surface area contributed by atoms with Gasteiger partial charge in [-0.2, -0.15) is 0 Å². The molecule has 1 aliphatic rings. The van der Waals surface area contributed by atoms with Gasteiger partial charge in [-0.1, -0.05) is 12.1 Å². The van der Waals surface area contributed by atoms with Gasteiger partial charge in [-0.25, -0.2) is 4.98 Å². The number of benzene rings is 1. The van der Waals surface area contributed by atoms with Gasteiger partial charge in [-0.15, -0.1) is 11.6 Å². The zero-order valence-electron chi connectivity index (χ0n) is 11.4. The summed E-state index contributed by atoms with van der Waals surface area (Å²) in [6, 6.07) is 6.25. The van der Waals surface area contributed by atoms with Gasteiger partial charge in [0.25, 0.3) is 0 Å². The van der Waals surface area contributed by atoms with E-state index in [0.29, 0.717) is 5.92 Å². The largest absolute Gasteiger partial charge is 0.381 e. The summed E-state index contributed by atoms with van der Waals surface area (Å²) in [5.74, 6) is 1.55. The molecule has 2 unspecified atom stereocenters. The van der Waals surface area contributed by atoms with Crippen molar-refractivity contribution >= 4 is 22.6 Å². The van der Waals surface area contributed by atoms with Crippen LogP contribution in [0.3, 0.4) is 0 Å². The highest BCUT2D eigenvalue weighted by atomic mass is 35.5. The molecule has 2 atom stereocenters. The fraction of sp³-hybridized carbons (Fsp3) is 0.533. The monoisotopic (exact) mass is 278 g/mol. The number of nitrogens with zero attached hydrogens (tertiary/aromatic N) is 2. The number of halogens is 1. The lowest BCUT2D eigenvalue weighted by Crippen LogP contribution is -2.14. The average molecular weight is 279 g/mol. The van der Waals surface area contributed by atoms with E-state index in [2.05, 4.69) is 29.7 Å². The Hall–Kier alpha value is -1.06. The predicted molar refractivity (Wildman–Crippen MR) is 77.7 cm³/mol. The van der Waals surface area contributed by atoms with Crippen LogP contribution in [0, 0.1) is 12.8 Å². The highest BCUT2D eigenvalue weighted by Gasteiger charge is 2.22. The molecule has 3 nitrogen and oxygen atoms in total. The second-order valence-corrected chi connectivity index (χ2v) is 6.02. The third-order valence-corrected chi connectivity index (χ3v) is 4.01. The number of aromatic nitrogens is 2. The molecule has 1 saturated heterocycles. The second kappa shape index (κ2) is 5.14. The number of fused-ring (bicyclic) bond motifs is 1. The summed E-state index contributed by atoms with van der Waals surface area (Å²) in [7, 11) is 0. The normalized spacial score (nSPS) is 21.1. The van der Waals surface area contributed by atoms with Crippen LogP contribution >= 0.6 is 11.6 Å². The Morgan fingerprint density at radius 3 is 3.05 bits per heavy atom. The number of ether oxygens (including phenoxy) is 1. The average Bonchev–Trinajstić information content (AvgIpc) is 2.98. The molecule has 0 amide bonds. The molecule has 0 aliphatic carbocycles. The molecule has 3 rings (SSSR count). The van der Waals surface area contributed by atoms with Gasteiger partial charge >= 0.3 is 0 Å². The zero-order valence-corrected chi connectivity index (χ0v) is 12.2. The summed E-state index contributed by atoms with van der Waals surface area (Å²) in [6.07, 6.45) is 1.13. The van der Waals surface area contributed by atoms with Crippen LogP contribution in [0.25, 0.3) is 11.0 Å². The van der Waals surface area contributed by atoms with Crippen molar-refractivity contribution in [1.82, 2.24) is 9.55 Å². The maximum absolute atomic E-state index is 6.30. The molecule has 19 heavy (non-hydrogen) atoms. The van der Waals surface area contributed by atoms with E-state index in [9.17, 15) is 0 Å².